The highest BCUT2D eigenvalue weighted by molar-refractivity contribution is 7.93. The Balaban J connectivity index is 1.70. The molecule has 176 valence electrons. The van der Waals surface area contributed by atoms with E-state index < -0.39 is 20.0 Å². The molecule has 2 N–H and O–H groups in total. The monoisotopic (exact) mass is 498 g/mol. The van der Waals surface area contributed by atoms with Crippen LogP contribution in [-0.2, 0) is 20.0 Å². The zero-order valence-corrected chi connectivity index (χ0v) is 20.0. The smallest absolute Gasteiger partial charge is 0.262 e. The molecule has 0 amide bonds. The Kier molecular flexibility index (Phi) is 6.36. The van der Waals surface area contributed by atoms with Crippen molar-refractivity contribution in [2.45, 2.75) is 9.79 Å². The molecule has 0 spiro atoms. The average Bonchev–Trinajstić information content (AvgIpc) is 2.85. The lowest BCUT2D eigenvalue weighted by atomic mass is 10.1. The Morgan fingerprint density at radius 1 is 0.559 bits per heavy atom. The van der Waals surface area contributed by atoms with E-state index in [1.807, 2.05) is 0 Å². The Hall–Kier alpha value is -3.76. The maximum absolute atomic E-state index is 13.0. The number of rotatable bonds is 8. The van der Waals surface area contributed by atoms with Crippen LogP contribution in [0, 0.1) is 0 Å². The molecule has 8 nitrogen and oxygen atoms in total. The van der Waals surface area contributed by atoms with Crippen molar-refractivity contribution in [2.75, 3.05) is 23.7 Å². The summed E-state index contributed by atoms with van der Waals surface area (Å²) in [5.74, 6) is 0.952. The molecule has 0 unspecified atom stereocenters. The van der Waals surface area contributed by atoms with Gasteiger partial charge in [0.15, 0.2) is 0 Å². The van der Waals surface area contributed by atoms with Gasteiger partial charge < -0.3 is 9.47 Å². The minimum Gasteiger partial charge on any atom is -0.497 e. The molecule has 4 rings (SSSR count). The zero-order valence-electron chi connectivity index (χ0n) is 18.3. The van der Waals surface area contributed by atoms with Crippen LogP contribution in [0.4, 0.5) is 11.4 Å². The summed E-state index contributed by atoms with van der Waals surface area (Å²) in [6, 6.07) is 22.1. The number of fused-ring (bicyclic) bond motifs is 1. The molecule has 0 heterocycles. The lowest BCUT2D eigenvalue weighted by Gasteiger charge is -2.15. The fourth-order valence-corrected chi connectivity index (χ4v) is 5.60. The van der Waals surface area contributed by atoms with Crippen LogP contribution in [0.2, 0.25) is 0 Å². The zero-order chi connectivity index (χ0) is 24.3. The lowest BCUT2D eigenvalue weighted by Crippen LogP contribution is -2.15. The van der Waals surface area contributed by atoms with E-state index in [0.717, 1.165) is 0 Å². The summed E-state index contributed by atoms with van der Waals surface area (Å²) in [5, 5.41) is 1.06. The number of ether oxygens (including phenoxy) is 2. The third-order valence-corrected chi connectivity index (χ3v) is 7.88. The first-order valence-electron chi connectivity index (χ1n) is 10.1. The third kappa shape index (κ3) is 4.78. The van der Waals surface area contributed by atoms with Gasteiger partial charge in [-0.2, -0.15) is 0 Å². The largest absolute Gasteiger partial charge is 0.497 e. The van der Waals surface area contributed by atoms with Gasteiger partial charge in [0, 0.05) is 16.8 Å². The van der Waals surface area contributed by atoms with Gasteiger partial charge in [-0.25, -0.2) is 16.8 Å². The van der Waals surface area contributed by atoms with E-state index in [0.29, 0.717) is 33.6 Å². The van der Waals surface area contributed by atoms with Crippen molar-refractivity contribution in [3.05, 3.63) is 84.9 Å². The number of nitrogens with one attached hydrogen (secondary N) is 2. The maximum atomic E-state index is 13.0. The summed E-state index contributed by atoms with van der Waals surface area (Å²) in [6.07, 6.45) is 0. The molecule has 10 heteroatoms. The minimum atomic E-state index is -3.92. The maximum Gasteiger partial charge on any atom is 0.262 e. The summed E-state index contributed by atoms with van der Waals surface area (Å²) >= 11 is 0. The van der Waals surface area contributed by atoms with Crippen LogP contribution in [-0.4, -0.2) is 31.1 Å². The highest BCUT2D eigenvalue weighted by Crippen LogP contribution is 2.33. The molecule has 4 aromatic rings. The highest BCUT2D eigenvalue weighted by Gasteiger charge is 2.19. The topological polar surface area (TPSA) is 111 Å². The van der Waals surface area contributed by atoms with Crippen LogP contribution in [0.25, 0.3) is 10.8 Å². The summed E-state index contributed by atoms with van der Waals surface area (Å²) in [4.78, 5) is 0.111. The Morgan fingerprint density at radius 3 is 1.62 bits per heavy atom. The van der Waals surface area contributed by atoms with Crippen molar-refractivity contribution < 1.29 is 26.3 Å². The second-order valence-electron chi connectivity index (χ2n) is 7.27. The Morgan fingerprint density at radius 2 is 1.09 bits per heavy atom. The Bertz CT molecular complexity index is 1550. The molecule has 0 aliphatic heterocycles. The number of sulfonamides is 2. The normalized spacial score (nSPS) is 11.7. The van der Waals surface area contributed by atoms with Crippen LogP contribution in [0.15, 0.2) is 94.7 Å². The van der Waals surface area contributed by atoms with E-state index in [1.165, 1.54) is 50.6 Å². The Labute approximate surface area is 198 Å². The van der Waals surface area contributed by atoms with Gasteiger partial charge in [0.05, 0.1) is 35.4 Å². The molecule has 0 radical (unpaired) electrons. The van der Waals surface area contributed by atoms with E-state index in [9.17, 15) is 16.8 Å². The first-order valence-corrected chi connectivity index (χ1v) is 13.1. The van der Waals surface area contributed by atoms with E-state index in [-0.39, 0.29) is 9.79 Å². The SMILES string of the molecule is COc1ccc(S(=O)(=O)Nc2ccc(NS(=O)(=O)c3cccc(OC)c3)c3ccccc23)cc1. The van der Waals surface area contributed by atoms with Crippen molar-refractivity contribution in [3.63, 3.8) is 0 Å². The molecule has 4 aromatic carbocycles. The van der Waals surface area contributed by atoms with Crippen molar-refractivity contribution >= 4 is 42.2 Å². The van der Waals surface area contributed by atoms with E-state index in [1.54, 1.807) is 48.5 Å². The number of hydrogen-bond donors (Lipinski definition) is 2. The van der Waals surface area contributed by atoms with Crippen LogP contribution in [0.3, 0.4) is 0 Å². The van der Waals surface area contributed by atoms with Crippen LogP contribution in [0.1, 0.15) is 0 Å². The molecule has 0 aliphatic carbocycles. The summed E-state index contributed by atoms with van der Waals surface area (Å²) in [5.41, 5.74) is 0.626. The molecule has 34 heavy (non-hydrogen) atoms. The number of hydrogen-bond acceptors (Lipinski definition) is 6. The van der Waals surface area contributed by atoms with E-state index >= 15 is 0 Å². The number of methoxy groups -OCH3 is 2. The summed E-state index contributed by atoms with van der Waals surface area (Å²) in [6.45, 7) is 0. The van der Waals surface area contributed by atoms with Crippen LogP contribution in [0.5, 0.6) is 11.5 Å². The second kappa shape index (κ2) is 9.24. The quantitative estimate of drug-likeness (QED) is 0.371. The van der Waals surface area contributed by atoms with E-state index in [2.05, 4.69) is 9.44 Å². The van der Waals surface area contributed by atoms with Gasteiger partial charge >= 0.3 is 0 Å². The van der Waals surface area contributed by atoms with Crippen molar-refractivity contribution in [2.24, 2.45) is 0 Å². The standard InChI is InChI=1S/C24H22N2O6S2/c1-31-17-10-12-19(13-11-17)33(27,28)25-23-14-15-24(22-9-4-3-8-21(22)23)26-34(29,30)20-7-5-6-18(16-20)32-2/h3-16,25-26H,1-2H3. The molecule has 0 atom stereocenters. The fraction of sp³-hybridized carbons (Fsp3) is 0.0833. The fourth-order valence-electron chi connectivity index (χ4n) is 3.41. The first-order chi connectivity index (χ1) is 16.2. The van der Waals surface area contributed by atoms with E-state index in [4.69, 9.17) is 9.47 Å². The molecular weight excluding hydrogens is 476 g/mol. The highest BCUT2D eigenvalue weighted by atomic mass is 32.2. The van der Waals surface area contributed by atoms with Crippen molar-refractivity contribution in [1.82, 2.24) is 0 Å². The van der Waals surface area contributed by atoms with Crippen LogP contribution < -0.4 is 18.9 Å². The van der Waals surface area contributed by atoms with Crippen molar-refractivity contribution in [1.29, 1.82) is 0 Å². The molecule has 0 saturated heterocycles. The van der Waals surface area contributed by atoms with Gasteiger partial charge in [0.25, 0.3) is 20.0 Å². The van der Waals surface area contributed by atoms with Gasteiger partial charge in [0.2, 0.25) is 0 Å². The molecule has 0 aromatic heterocycles. The third-order valence-electron chi connectivity index (χ3n) is 5.13. The molecular formula is C24H22N2O6S2. The summed E-state index contributed by atoms with van der Waals surface area (Å²) in [7, 11) is -4.85. The first kappa shape index (κ1) is 23.4. The van der Waals surface area contributed by atoms with Gasteiger partial charge in [-0.1, -0.05) is 30.3 Å². The summed E-state index contributed by atoms with van der Waals surface area (Å²) < 4.78 is 67.2. The molecule has 0 aliphatic rings. The number of anilines is 2. The van der Waals surface area contributed by atoms with Gasteiger partial charge in [0.1, 0.15) is 11.5 Å². The predicted octanol–water partition coefficient (Wildman–Crippen LogP) is 4.46. The molecule has 0 fully saturated rings. The van der Waals surface area contributed by atoms with Gasteiger partial charge in [-0.15, -0.1) is 0 Å². The second-order valence-corrected chi connectivity index (χ2v) is 10.6. The average molecular weight is 499 g/mol. The van der Waals surface area contributed by atoms with Gasteiger partial charge in [-0.3, -0.25) is 9.44 Å². The lowest BCUT2D eigenvalue weighted by molar-refractivity contribution is 0.413. The minimum absolute atomic E-state index is 0.0419. The molecule has 0 saturated carbocycles. The van der Waals surface area contributed by atoms with Gasteiger partial charge in [-0.05, 0) is 48.5 Å². The molecule has 0 bridgehead atoms. The predicted molar refractivity (Wildman–Crippen MR) is 132 cm³/mol. The van der Waals surface area contributed by atoms with Crippen molar-refractivity contribution in [3.8, 4) is 11.5 Å². The van der Waals surface area contributed by atoms with Crippen LogP contribution >= 0.6 is 0 Å². The number of benzene rings is 4.